The Balaban J connectivity index is 2.46. The van der Waals surface area contributed by atoms with Crippen molar-refractivity contribution in [1.29, 1.82) is 0 Å². The molecule has 0 saturated heterocycles. The molecule has 0 fully saturated rings. The van der Waals surface area contributed by atoms with Gasteiger partial charge < -0.3 is 11.1 Å². The molecule has 0 aliphatic carbocycles. The van der Waals surface area contributed by atoms with Crippen molar-refractivity contribution in [2.24, 2.45) is 0 Å². The molecule has 0 radical (unpaired) electrons. The Morgan fingerprint density at radius 3 is 3.00 bits per heavy atom. The Morgan fingerprint density at radius 1 is 1.59 bits per heavy atom. The molecule has 0 bridgehead atoms. The third-order valence-corrected chi connectivity index (χ3v) is 3.69. The predicted octanol–water partition coefficient (Wildman–Crippen LogP) is 2.33. The van der Waals surface area contributed by atoms with E-state index in [2.05, 4.69) is 10.3 Å². The number of rotatable bonds is 3. The van der Waals surface area contributed by atoms with Gasteiger partial charge in [-0.1, -0.05) is 6.92 Å². The van der Waals surface area contributed by atoms with E-state index in [1.807, 2.05) is 19.9 Å². The summed E-state index contributed by atoms with van der Waals surface area (Å²) in [5.41, 5.74) is 7.62. The first-order chi connectivity index (χ1) is 8.15. The lowest BCUT2D eigenvalue weighted by atomic mass is 10.2. The zero-order valence-electron chi connectivity index (χ0n) is 9.91. The van der Waals surface area contributed by atoms with Crippen molar-refractivity contribution in [3.8, 4) is 0 Å². The summed E-state index contributed by atoms with van der Waals surface area (Å²) in [4.78, 5) is 17.5. The summed E-state index contributed by atoms with van der Waals surface area (Å²) in [6, 6.07) is 1.90. The zero-order valence-corrected chi connectivity index (χ0v) is 10.7. The highest BCUT2D eigenvalue weighted by atomic mass is 32.1. The Morgan fingerprint density at radius 2 is 2.35 bits per heavy atom. The molecule has 0 atom stereocenters. The van der Waals surface area contributed by atoms with E-state index in [1.54, 1.807) is 6.20 Å². The molecule has 2 aromatic rings. The van der Waals surface area contributed by atoms with E-state index in [9.17, 15) is 4.79 Å². The van der Waals surface area contributed by atoms with E-state index in [1.165, 1.54) is 11.3 Å². The molecule has 17 heavy (non-hydrogen) atoms. The maximum Gasteiger partial charge on any atom is 0.263 e. The fourth-order valence-corrected chi connectivity index (χ4v) is 2.75. The summed E-state index contributed by atoms with van der Waals surface area (Å²) >= 11 is 1.35. The van der Waals surface area contributed by atoms with Crippen LogP contribution in [-0.2, 0) is 0 Å². The van der Waals surface area contributed by atoms with E-state index in [0.29, 0.717) is 17.1 Å². The second-order valence-corrected chi connectivity index (χ2v) is 4.91. The highest BCUT2D eigenvalue weighted by molar-refractivity contribution is 7.21. The van der Waals surface area contributed by atoms with Crippen LogP contribution in [0.1, 0.15) is 28.6 Å². The number of carbonyl (C=O) groups excluding carboxylic acids is 1. The molecule has 1 amide bonds. The van der Waals surface area contributed by atoms with Crippen LogP contribution in [0, 0.1) is 6.92 Å². The Kier molecular flexibility index (Phi) is 3.28. The third kappa shape index (κ3) is 2.10. The molecule has 3 N–H and O–H groups in total. The fourth-order valence-electron chi connectivity index (χ4n) is 1.69. The predicted molar refractivity (Wildman–Crippen MR) is 71.4 cm³/mol. The molecular formula is C12H15N3OS. The summed E-state index contributed by atoms with van der Waals surface area (Å²) in [5.74, 6) is -0.105. The van der Waals surface area contributed by atoms with Crippen molar-refractivity contribution < 1.29 is 4.79 Å². The molecule has 0 unspecified atom stereocenters. The van der Waals surface area contributed by atoms with Crippen LogP contribution >= 0.6 is 11.3 Å². The van der Waals surface area contributed by atoms with Gasteiger partial charge in [-0.25, -0.2) is 4.98 Å². The van der Waals surface area contributed by atoms with Gasteiger partial charge >= 0.3 is 0 Å². The van der Waals surface area contributed by atoms with Crippen molar-refractivity contribution in [3.63, 3.8) is 0 Å². The number of aryl methyl sites for hydroxylation is 1. The molecular weight excluding hydrogens is 234 g/mol. The van der Waals surface area contributed by atoms with Gasteiger partial charge in [0.15, 0.2) is 0 Å². The number of nitrogen functional groups attached to an aromatic ring is 1. The van der Waals surface area contributed by atoms with Crippen molar-refractivity contribution in [3.05, 3.63) is 22.7 Å². The molecule has 0 aliphatic heterocycles. The second-order valence-electron chi connectivity index (χ2n) is 3.91. The Labute approximate surface area is 104 Å². The molecule has 0 saturated carbocycles. The van der Waals surface area contributed by atoms with Crippen LogP contribution in [0.2, 0.25) is 0 Å². The number of thiophene rings is 1. The Bertz CT molecular complexity index is 562. The van der Waals surface area contributed by atoms with Crippen LogP contribution in [-0.4, -0.2) is 17.4 Å². The third-order valence-electron chi connectivity index (χ3n) is 2.58. The van der Waals surface area contributed by atoms with Crippen LogP contribution in [0.4, 0.5) is 5.69 Å². The number of carbonyl (C=O) groups is 1. The molecule has 2 aromatic heterocycles. The highest BCUT2D eigenvalue weighted by Crippen LogP contribution is 2.33. The number of anilines is 1. The first-order valence-electron chi connectivity index (χ1n) is 5.57. The minimum atomic E-state index is -0.105. The molecule has 4 nitrogen and oxygen atoms in total. The van der Waals surface area contributed by atoms with E-state index in [0.717, 1.165) is 22.2 Å². The average molecular weight is 249 g/mol. The monoisotopic (exact) mass is 249 g/mol. The first-order valence-corrected chi connectivity index (χ1v) is 6.38. The standard InChI is InChI=1S/C12H15N3OS/c1-3-5-14-11(16)10-9(13)8-7(2)4-6-15-12(8)17-10/h4,6H,3,5,13H2,1-2H3,(H,14,16). The largest absolute Gasteiger partial charge is 0.397 e. The van der Waals surface area contributed by atoms with Gasteiger partial charge in [0, 0.05) is 18.1 Å². The quantitative estimate of drug-likeness (QED) is 0.877. The number of aromatic nitrogens is 1. The number of nitrogens with one attached hydrogen (secondary N) is 1. The first kappa shape index (κ1) is 11.9. The van der Waals surface area contributed by atoms with Gasteiger partial charge in [-0.2, -0.15) is 0 Å². The maximum absolute atomic E-state index is 11.9. The summed E-state index contributed by atoms with van der Waals surface area (Å²) in [6.07, 6.45) is 2.65. The normalized spacial score (nSPS) is 10.7. The van der Waals surface area contributed by atoms with Gasteiger partial charge in [-0.05, 0) is 25.0 Å². The number of hydrogen-bond donors (Lipinski definition) is 2. The number of nitrogens with zero attached hydrogens (tertiary/aromatic N) is 1. The minimum Gasteiger partial charge on any atom is -0.397 e. The number of pyridine rings is 1. The van der Waals surface area contributed by atoms with Crippen molar-refractivity contribution in [2.45, 2.75) is 20.3 Å². The zero-order chi connectivity index (χ0) is 12.4. The summed E-state index contributed by atoms with van der Waals surface area (Å²) < 4.78 is 0. The molecule has 2 heterocycles. The lowest BCUT2D eigenvalue weighted by Gasteiger charge is -2.01. The van der Waals surface area contributed by atoms with Crippen LogP contribution in [0.15, 0.2) is 12.3 Å². The molecule has 2 rings (SSSR count). The number of nitrogens with two attached hydrogens (primary N) is 1. The van der Waals surface area contributed by atoms with Gasteiger partial charge in [-0.15, -0.1) is 11.3 Å². The van der Waals surface area contributed by atoms with Crippen LogP contribution in [0.3, 0.4) is 0 Å². The lowest BCUT2D eigenvalue weighted by Crippen LogP contribution is -2.23. The lowest BCUT2D eigenvalue weighted by molar-refractivity contribution is 0.0958. The van der Waals surface area contributed by atoms with E-state index in [4.69, 9.17) is 5.73 Å². The number of amides is 1. The second kappa shape index (κ2) is 4.71. The summed E-state index contributed by atoms with van der Waals surface area (Å²) in [6.45, 7) is 4.65. The van der Waals surface area contributed by atoms with E-state index >= 15 is 0 Å². The van der Waals surface area contributed by atoms with Crippen LogP contribution in [0.25, 0.3) is 10.2 Å². The SMILES string of the molecule is CCCNC(=O)c1sc2nccc(C)c2c1N. The molecule has 5 heteroatoms. The van der Waals surface area contributed by atoms with Gasteiger partial charge in [0.1, 0.15) is 9.71 Å². The van der Waals surface area contributed by atoms with Gasteiger partial charge in [0.25, 0.3) is 5.91 Å². The number of fused-ring (bicyclic) bond motifs is 1. The average Bonchev–Trinajstić information content (AvgIpc) is 2.65. The topological polar surface area (TPSA) is 68.0 Å². The summed E-state index contributed by atoms with van der Waals surface area (Å²) in [5, 5.41) is 3.74. The molecule has 0 aliphatic rings. The molecule has 90 valence electrons. The molecule has 0 aromatic carbocycles. The fraction of sp³-hybridized carbons (Fsp3) is 0.333. The smallest absolute Gasteiger partial charge is 0.263 e. The van der Waals surface area contributed by atoms with Crippen LogP contribution in [0.5, 0.6) is 0 Å². The highest BCUT2D eigenvalue weighted by Gasteiger charge is 2.17. The Hall–Kier alpha value is -1.62. The van der Waals surface area contributed by atoms with Crippen molar-refractivity contribution >= 4 is 33.1 Å². The van der Waals surface area contributed by atoms with E-state index < -0.39 is 0 Å². The van der Waals surface area contributed by atoms with Gasteiger partial charge in [-0.3, -0.25) is 4.79 Å². The van der Waals surface area contributed by atoms with Gasteiger partial charge in [0.05, 0.1) is 5.69 Å². The van der Waals surface area contributed by atoms with Gasteiger partial charge in [0.2, 0.25) is 0 Å². The van der Waals surface area contributed by atoms with Crippen LogP contribution < -0.4 is 11.1 Å². The summed E-state index contributed by atoms with van der Waals surface area (Å²) in [7, 11) is 0. The number of hydrogen-bond acceptors (Lipinski definition) is 4. The van der Waals surface area contributed by atoms with E-state index in [-0.39, 0.29) is 5.91 Å². The van der Waals surface area contributed by atoms with Crippen molar-refractivity contribution in [1.82, 2.24) is 10.3 Å². The molecule has 0 spiro atoms. The maximum atomic E-state index is 11.9. The minimum absolute atomic E-state index is 0.105. The van der Waals surface area contributed by atoms with Crippen molar-refractivity contribution in [2.75, 3.05) is 12.3 Å².